The molecule has 0 radical (unpaired) electrons. The smallest absolute Gasteiger partial charge is 0.327 e. The van der Waals surface area contributed by atoms with Crippen molar-refractivity contribution in [3.63, 3.8) is 0 Å². The zero-order valence-electron chi connectivity index (χ0n) is 13.4. The van der Waals surface area contributed by atoms with Crippen LogP contribution in [0.4, 0.5) is 5.69 Å². The molecule has 0 amide bonds. The van der Waals surface area contributed by atoms with E-state index in [1.807, 2.05) is 0 Å². The number of nitrogens with one attached hydrogen (secondary N) is 1. The van der Waals surface area contributed by atoms with Gasteiger partial charge in [0.2, 0.25) is 10.0 Å². The number of hydrogen-bond acceptors (Lipinski definition) is 6. The van der Waals surface area contributed by atoms with Gasteiger partial charge >= 0.3 is 5.97 Å². The number of rotatable bonds is 7. The van der Waals surface area contributed by atoms with Crippen LogP contribution in [0.5, 0.6) is 5.75 Å². The van der Waals surface area contributed by atoms with Gasteiger partial charge in [-0.25, -0.2) is 17.5 Å². The van der Waals surface area contributed by atoms with Crippen molar-refractivity contribution < 1.29 is 22.7 Å². The van der Waals surface area contributed by atoms with Crippen LogP contribution in [0.1, 0.15) is 13.8 Å². The van der Waals surface area contributed by atoms with Gasteiger partial charge in [0.05, 0.1) is 13.7 Å². The second-order valence-corrected chi connectivity index (χ2v) is 6.89. The first-order valence-corrected chi connectivity index (χ1v) is 8.21. The van der Waals surface area contributed by atoms with E-state index in [4.69, 9.17) is 4.74 Å². The fraction of sp³-hybridized carbons (Fsp3) is 0.500. The summed E-state index contributed by atoms with van der Waals surface area (Å²) < 4.78 is 35.9. The van der Waals surface area contributed by atoms with Gasteiger partial charge in [-0.1, -0.05) is 0 Å². The van der Waals surface area contributed by atoms with Crippen LogP contribution in [0.15, 0.2) is 23.1 Å². The molecular weight excluding hydrogens is 308 g/mol. The van der Waals surface area contributed by atoms with E-state index < -0.39 is 22.0 Å². The second-order valence-electron chi connectivity index (χ2n) is 4.77. The summed E-state index contributed by atoms with van der Waals surface area (Å²) in [6, 6.07) is 4.06. The molecule has 0 saturated carbocycles. The molecule has 0 aromatic heterocycles. The summed E-state index contributed by atoms with van der Waals surface area (Å²) in [4.78, 5) is 11.5. The van der Waals surface area contributed by atoms with E-state index in [1.165, 1.54) is 27.3 Å². The molecule has 0 saturated heterocycles. The highest BCUT2D eigenvalue weighted by Gasteiger charge is 2.23. The predicted octanol–water partition coefficient (Wildman–Crippen LogP) is 1.31. The number of benzene rings is 1. The van der Waals surface area contributed by atoms with Crippen LogP contribution in [-0.2, 0) is 19.6 Å². The van der Waals surface area contributed by atoms with E-state index in [2.05, 4.69) is 10.1 Å². The highest BCUT2D eigenvalue weighted by atomic mass is 32.2. The van der Waals surface area contributed by atoms with Gasteiger partial charge in [0, 0.05) is 19.8 Å². The average Bonchev–Trinajstić information content (AvgIpc) is 2.47. The molecule has 0 aliphatic carbocycles. The average molecular weight is 330 g/mol. The van der Waals surface area contributed by atoms with Crippen LogP contribution < -0.4 is 10.1 Å². The first kappa shape index (κ1) is 18.2. The molecule has 0 fully saturated rings. The Morgan fingerprint density at radius 2 is 2.00 bits per heavy atom. The van der Waals surface area contributed by atoms with Crippen LogP contribution in [0, 0.1) is 0 Å². The van der Waals surface area contributed by atoms with E-state index in [1.54, 1.807) is 26.0 Å². The maximum Gasteiger partial charge on any atom is 0.327 e. The highest BCUT2D eigenvalue weighted by molar-refractivity contribution is 7.89. The van der Waals surface area contributed by atoms with Gasteiger partial charge in [-0.05, 0) is 32.0 Å². The van der Waals surface area contributed by atoms with Gasteiger partial charge in [0.15, 0.2) is 0 Å². The normalized spacial score (nSPS) is 12.8. The fourth-order valence-corrected chi connectivity index (χ4v) is 2.81. The Kier molecular flexibility index (Phi) is 6.19. The first-order chi connectivity index (χ1) is 10.2. The molecule has 124 valence electrons. The summed E-state index contributed by atoms with van der Waals surface area (Å²) in [6.07, 6.45) is 0. The Labute approximate surface area is 131 Å². The summed E-state index contributed by atoms with van der Waals surface area (Å²) in [5, 5.41) is 2.90. The van der Waals surface area contributed by atoms with Gasteiger partial charge in [-0.2, -0.15) is 0 Å². The lowest BCUT2D eigenvalue weighted by Crippen LogP contribution is -2.27. The molecular formula is C14H22N2O5S. The molecule has 22 heavy (non-hydrogen) atoms. The third-order valence-corrected chi connectivity index (χ3v) is 4.78. The van der Waals surface area contributed by atoms with Gasteiger partial charge in [-0.3, -0.25) is 0 Å². The van der Waals surface area contributed by atoms with Crippen molar-refractivity contribution in [1.29, 1.82) is 0 Å². The van der Waals surface area contributed by atoms with Gasteiger partial charge in [0.1, 0.15) is 16.7 Å². The molecule has 0 spiro atoms. The third-order valence-electron chi connectivity index (χ3n) is 2.94. The molecule has 8 heteroatoms. The number of nitrogens with zero attached hydrogens (tertiary/aromatic N) is 1. The molecule has 0 bridgehead atoms. The van der Waals surface area contributed by atoms with Crippen LogP contribution >= 0.6 is 0 Å². The van der Waals surface area contributed by atoms with Gasteiger partial charge < -0.3 is 14.8 Å². The molecule has 1 aromatic rings. The number of ether oxygens (including phenoxy) is 2. The Morgan fingerprint density at radius 3 is 2.50 bits per heavy atom. The highest BCUT2D eigenvalue weighted by Crippen LogP contribution is 2.29. The largest absolute Gasteiger partial charge is 0.492 e. The maximum atomic E-state index is 12.4. The zero-order valence-corrected chi connectivity index (χ0v) is 14.2. The number of esters is 1. The van der Waals surface area contributed by atoms with E-state index >= 15 is 0 Å². The van der Waals surface area contributed by atoms with Crippen molar-refractivity contribution >= 4 is 21.7 Å². The predicted molar refractivity (Wildman–Crippen MR) is 83.6 cm³/mol. The Hall–Kier alpha value is -1.80. The summed E-state index contributed by atoms with van der Waals surface area (Å²) in [6.45, 7) is 3.75. The van der Waals surface area contributed by atoms with E-state index in [0.29, 0.717) is 12.3 Å². The van der Waals surface area contributed by atoms with Crippen molar-refractivity contribution in [2.75, 3.05) is 33.1 Å². The number of hydrogen-bond donors (Lipinski definition) is 1. The molecule has 1 N–H and O–H groups in total. The summed E-state index contributed by atoms with van der Waals surface area (Å²) in [7, 11) is 0.524. The van der Waals surface area contributed by atoms with Crippen LogP contribution in [-0.4, -0.2) is 52.5 Å². The number of sulfonamides is 1. The van der Waals surface area contributed by atoms with E-state index in [9.17, 15) is 13.2 Å². The van der Waals surface area contributed by atoms with Crippen LogP contribution in [0.3, 0.4) is 0 Å². The molecule has 0 heterocycles. The third kappa shape index (κ3) is 4.11. The Bertz CT molecular complexity index is 628. The zero-order chi connectivity index (χ0) is 16.9. The van der Waals surface area contributed by atoms with Gasteiger partial charge in [0.25, 0.3) is 0 Å². The van der Waals surface area contributed by atoms with Crippen molar-refractivity contribution in [2.45, 2.75) is 24.8 Å². The van der Waals surface area contributed by atoms with Crippen molar-refractivity contribution in [1.82, 2.24) is 4.31 Å². The monoisotopic (exact) mass is 330 g/mol. The van der Waals surface area contributed by atoms with Gasteiger partial charge in [-0.15, -0.1) is 0 Å². The fourth-order valence-electron chi connectivity index (χ4n) is 1.76. The number of methoxy groups -OCH3 is 1. The molecule has 0 aliphatic heterocycles. The van der Waals surface area contributed by atoms with Crippen molar-refractivity contribution in [3.8, 4) is 5.75 Å². The molecule has 0 aliphatic rings. The van der Waals surface area contributed by atoms with Crippen molar-refractivity contribution in [2.24, 2.45) is 0 Å². The number of anilines is 1. The minimum absolute atomic E-state index is 0.0430. The lowest BCUT2D eigenvalue weighted by molar-refractivity contribution is -0.141. The molecule has 1 rings (SSSR count). The lowest BCUT2D eigenvalue weighted by atomic mass is 10.2. The first-order valence-electron chi connectivity index (χ1n) is 6.77. The lowest BCUT2D eigenvalue weighted by Gasteiger charge is -2.18. The topological polar surface area (TPSA) is 84.9 Å². The van der Waals surface area contributed by atoms with Crippen molar-refractivity contribution in [3.05, 3.63) is 18.2 Å². The molecule has 1 aromatic carbocycles. The summed E-state index contributed by atoms with van der Waals surface area (Å²) >= 11 is 0. The van der Waals surface area contributed by atoms with E-state index in [0.717, 1.165) is 4.31 Å². The Morgan fingerprint density at radius 1 is 1.36 bits per heavy atom. The molecule has 1 unspecified atom stereocenters. The number of carbonyl (C=O) groups excluding carboxylic acids is 1. The maximum absolute atomic E-state index is 12.4. The minimum Gasteiger partial charge on any atom is -0.492 e. The quantitative estimate of drug-likeness (QED) is 0.759. The summed E-state index contributed by atoms with van der Waals surface area (Å²) in [5.74, 6) is -0.168. The summed E-state index contributed by atoms with van der Waals surface area (Å²) in [5.41, 5.74) is 0.488. The van der Waals surface area contributed by atoms with Crippen LogP contribution in [0.25, 0.3) is 0 Å². The van der Waals surface area contributed by atoms with Crippen LogP contribution in [0.2, 0.25) is 0 Å². The number of carbonyl (C=O) groups is 1. The Balaban J connectivity index is 3.23. The van der Waals surface area contributed by atoms with E-state index in [-0.39, 0.29) is 10.6 Å². The SMILES string of the molecule is CCOc1ccc(NC(C)C(=O)OC)cc1S(=O)(=O)N(C)C. The minimum atomic E-state index is -3.66. The second kappa shape index (κ2) is 7.46. The molecule has 1 atom stereocenters. The molecule has 7 nitrogen and oxygen atoms in total. The standard InChI is InChI=1S/C14H22N2O5S/c1-6-21-12-8-7-11(15-10(2)14(17)20-5)9-13(12)22(18,19)16(3)4/h7-10,15H,6H2,1-5H3.